The van der Waals surface area contributed by atoms with Crippen LogP contribution in [-0.4, -0.2) is 18.8 Å². The second-order valence-corrected chi connectivity index (χ2v) is 4.78. The van der Waals surface area contributed by atoms with Crippen molar-refractivity contribution in [3.63, 3.8) is 0 Å². The lowest BCUT2D eigenvalue weighted by atomic mass is 9.99. The predicted molar refractivity (Wildman–Crippen MR) is 75.5 cm³/mol. The van der Waals surface area contributed by atoms with Gasteiger partial charge < -0.3 is 15.0 Å². The number of aromatic nitrogens is 1. The van der Waals surface area contributed by atoms with E-state index in [0.717, 1.165) is 40.3 Å². The highest BCUT2D eigenvalue weighted by atomic mass is 16.5. The Kier molecular flexibility index (Phi) is 3.90. The molecule has 0 spiro atoms. The lowest BCUT2D eigenvalue weighted by Gasteiger charge is -2.11. The van der Waals surface area contributed by atoms with Crippen LogP contribution >= 0.6 is 0 Å². The molecule has 2 aromatic rings. The molecule has 2 N–H and O–H groups in total. The lowest BCUT2D eigenvalue weighted by molar-refractivity contribution is 0.402. The summed E-state index contributed by atoms with van der Waals surface area (Å²) in [6.07, 6.45) is 0.751. The molecule has 0 aliphatic rings. The second kappa shape index (κ2) is 5.45. The summed E-state index contributed by atoms with van der Waals surface area (Å²) in [5.74, 6) is 1.60. The van der Waals surface area contributed by atoms with Gasteiger partial charge in [-0.15, -0.1) is 0 Å². The van der Waals surface area contributed by atoms with Crippen molar-refractivity contribution in [3.05, 3.63) is 34.5 Å². The van der Waals surface area contributed by atoms with Crippen LogP contribution in [0.5, 0.6) is 5.75 Å². The van der Waals surface area contributed by atoms with E-state index in [0.29, 0.717) is 6.54 Å². The number of aryl methyl sites for hydroxylation is 3. The molecule has 19 heavy (non-hydrogen) atoms. The van der Waals surface area contributed by atoms with Crippen molar-refractivity contribution in [1.29, 1.82) is 0 Å². The Morgan fingerprint density at radius 3 is 2.63 bits per heavy atom. The van der Waals surface area contributed by atoms with Crippen molar-refractivity contribution in [2.45, 2.75) is 27.2 Å². The number of methoxy groups -OCH3 is 1. The molecule has 1 aromatic carbocycles. The van der Waals surface area contributed by atoms with Gasteiger partial charge in [0.25, 0.3) is 0 Å². The first kappa shape index (κ1) is 13.6. The van der Waals surface area contributed by atoms with Crippen molar-refractivity contribution in [1.82, 2.24) is 5.16 Å². The Morgan fingerprint density at radius 2 is 2.00 bits per heavy atom. The standard InChI is InChI=1S/C15H20N2O2/c1-9-7-10(2)14(18-4)13(8-9)15-12(5-6-16)11(3)17-19-15/h7-8H,5-6,16H2,1-4H3. The number of nitrogens with zero attached hydrogens (tertiary/aromatic N) is 1. The van der Waals surface area contributed by atoms with Gasteiger partial charge in [-0.2, -0.15) is 0 Å². The average Bonchev–Trinajstić information content (AvgIpc) is 2.71. The van der Waals surface area contributed by atoms with Crippen LogP contribution < -0.4 is 10.5 Å². The maximum Gasteiger partial charge on any atom is 0.174 e. The summed E-state index contributed by atoms with van der Waals surface area (Å²) in [7, 11) is 1.67. The zero-order valence-corrected chi connectivity index (χ0v) is 11.9. The van der Waals surface area contributed by atoms with Crippen LogP contribution in [0.15, 0.2) is 16.7 Å². The predicted octanol–water partition coefficient (Wildman–Crippen LogP) is 2.78. The molecule has 102 valence electrons. The summed E-state index contributed by atoms with van der Waals surface area (Å²) in [4.78, 5) is 0. The summed E-state index contributed by atoms with van der Waals surface area (Å²) < 4.78 is 11.0. The van der Waals surface area contributed by atoms with Crippen molar-refractivity contribution >= 4 is 0 Å². The zero-order valence-electron chi connectivity index (χ0n) is 11.9. The molecular formula is C15H20N2O2. The largest absolute Gasteiger partial charge is 0.496 e. The molecule has 4 heteroatoms. The van der Waals surface area contributed by atoms with E-state index in [2.05, 4.69) is 24.2 Å². The summed E-state index contributed by atoms with van der Waals surface area (Å²) in [6, 6.07) is 4.15. The van der Waals surface area contributed by atoms with Crippen molar-refractivity contribution in [2.75, 3.05) is 13.7 Å². The molecule has 0 aliphatic heterocycles. The topological polar surface area (TPSA) is 61.3 Å². The number of hydrogen-bond donors (Lipinski definition) is 1. The third-order valence-corrected chi connectivity index (χ3v) is 3.25. The van der Waals surface area contributed by atoms with Crippen molar-refractivity contribution in [3.8, 4) is 17.1 Å². The molecule has 2 rings (SSSR count). The number of rotatable bonds is 4. The van der Waals surface area contributed by atoms with Crippen LogP contribution in [0.1, 0.15) is 22.4 Å². The molecule has 1 aromatic heterocycles. The number of benzene rings is 1. The molecule has 0 amide bonds. The molecule has 0 radical (unpaired) electrons. The van der Waals surface area contributed by atoms with E-state index in [4.69, 9.17) is 15.0 Å². The van der Waals surface area contributed by atoms with Crippen LogP contribution in [0.2, 0.25) is 0 Å². The van der Waals surface area contributed by atoms with Gasteiger partial charge in [0.05, 0.1) is 18.4 Å². The third-order valence-electron chi connectivity index (χ3n) is 3.25. The van der Waals surface area contributed by atoms with E-state index < -0.39 is 0 Å². The van der Waals surface area contributed by atoms with Crippen molar-refractivity contribution < 1.29 is 9.26 Å². The first-order chi connectivity index (χ1) is 9.08. The highest BCUT2D eigenvalue weighted by molar-refractivity contribution is 5.71. The molecule has 1 heterocycles. The number of nitrogens with two attached hydrogens (primary N) is 1. The minimum atomic E-state index is 0.572. The van der Waals surface area contributed by atoms with E-state index >= 15 is 0 Å². The van der Waals surface area contributed by atoms with E-state index in [1.165, 1.54) is 5.56 Å². The number of ether oxygens (including phenoxy) is 1. The van der Waals surface area contributed by atoms with Gasteiger partial charge in [0, 0.05) is 5.56 Å². The average molecular weight is 260 g/mol. The molecule has 0 bridgehead atoms. The van der Waals surface area contributed by atoms with Gasteiger partial charge in [0.15, 0.2) is 5.76 Å². The minimum absolute atomic E-state index is 0.572. The Labute approximate surface area is 113 Å². The number of hydrogen-bond acceptors (Lipinski definition) is 4. The lowest BCUT2D eigenvalue weighted by Crippen LogP contribution is -2.04. The Balaban J connectivity index is 2.64. The highest BCUT2D eigenvalue weighted by Gasteiger charge is 2.19. The van der Waals surface area contributed by atoms with Gasteiger partial charge >= 0.3 is 0 Å². The molecule has 0 unspecified atom stereocenters. The maximum atomic E-state index is 5.67. The Morgan fingerprint density at radius 1 is 1.26 bits per heavy atom. The van der Waals surface area contributed by atoms with Crippen LogP contribution in [0.25, 0.3) is 11.3 Å². The van der Waals surface area contributed by atoms with Gasteiger partial charge in [-0.3, -0.25) is 0 Å². The first-order valence-corrected chi connectivity index (χ1v) is 6.39. The van der Waals surface area contributed by atoms with Gasteiger partial charge in [0.2, 0.25) is 0 Å². The minimum Gasteiger partial charge on any atom is -0.496 e. The van der Waals surface area contributed by atoms with Gasteiger partial charge in [-0.25, -0.2) is 0 Å². The third kappa shape index (κ3) is 2.49. The van der Waals surface area contributed by atoms with Crippen LogP contribution in [0, 0.1) is 20.8 Å². The molecule has 0 fully saturated rings. The van der Waals surface area contributed by atoms with Crippen LogP contribution in [0.3, 0.4) is 0 Å². The summed E-state index contributed by atoms with van der Waals surface area (Å²) in [5, 5.41) is 4.06. The van der Waals surface area contributed by atoms with Gasteiger partial charge in [-0.1, -0.05) is 11.2 Å². The smallest absolute Gasteiger partial charge is 0.174 e. The quantitative estimate of drug-likeness (QED) is 0.918. The van der Waals surface area contributed by atoms with Gasteiger partial charge in [-0.05, 0) is 50.9 Å². The summed E-state index contributed by atoms with van der Waals surface area (Å²) in [5.41, 5.74) is 10.8. The van der Waals surface area contributed by atoms with E-state index in [1.807, 2.05) is 13.8 Å². The molecule has 0 saturated heterocycles. The molecule has 0 aliphatic carbocycles. The molecule has 0 saturated carbocycles. The normalized spacial score (nSPS) is 10.8. The Hall–Kier alpha value is -1.81. The Bertz CT molecular complexity index is 588. The zero-order chi connectivity index (χ0) is 14.0. The second-order valence-electron chi connectivity index (χ2n) is 4.78. The highest BCUT2D eigenvalue weighted by Crippen LogP contribution is 2.37. The fraction of sp³-hybridized carbons (Fsp3) is 0.400. The molecular weight excluding hydrogens is 240 g/mol. The monoisotopic (exact) mass is 260 g/mol. The van der Waals surface area contributed by atoms with Crippen molar-refractivity contribution in [2.24, 2.45) is 5.73 Å². The fourth-order valence-electron chi connectivity index (χ4n) is 2.43. The van der Waals surface area contributed by atoms with E-state index in [1.54, 1.807) is 7.11 Å². The molecule has 0 atom stereocenters. The van der Waals surface area contributed by atoms with Crippen LogP contribution in [0.4, 0.5) is 0 Å². The fourth-order valence-corrected chi connectivity index (χ4v) is 2.43. The van der Waals surface area contributed by atoms with Crippen LogP contribution in [-0.2, 0) is 6.42 Å². The van der Waals surface area contributed by atoms with Gasteiger partial charge in [0.1, 0.15) is 5.75 Å². The SMILES string of the molecule is COc1c(C)cc(C)cc1-c1onc(C)c1CCN. The van der Waals surface area contributed by atoms with E-state index in [-0.39, 0.29) is 0 Å². The summed E-state index contributed by atoms with van der Waals surface area (Å²) in [6.45, 7) is 6.60. The maximum absolute atomic E-state index is 5.67. The molecule has 4 nitrogen and oxygen atoms in total. The summed E-state index contributed by atoms with van der Waals surface area (Å²) >= 11 is 0. The first-order valence-electron chi connectivity index (χ1n) is 6.39. The van der Waals surface area contributed by atoms with E-state index in [9.17, 15) is 0 Å².